The van der Waals surface area contributed by atoms with E-state index in [9.17, 15) is 0 Å². The molecule has 0 fully saturated rings. The van der Waals surface area contributed by atoms with Crippen LogP contribution in [-0.4, -0.2) is 0 Å². The fourth-order valence-electron chi connectivity index (χ4n) is 11.9. The fraction of sp³-hybridized carbons (Fsp3) is 0.0811. The molecular formula is C74H56Br2N2. The number of fused-ring (bicyclic) bond motifs is 6. The number of rotatable bonds is 6. The molecule has 376 valence electrons. The third-order valence-electron chi connectivity index (χ3n) is 16.2. The van der Waals surface area contributed by atoms with Crippen LogP contribution in [0.3, 0.4) is 0 Å². The summed E-state index contributed by atoms with van der Waals surface area (Å²) in [6, 6.07) is 97.2. The highest BCUT2D eigenvalue weighted by molar-refractivity contribution is 9.10. The number of hydrogen-bond donors (Lipinski definition) is 0. The standard InChI is InChI=1S/C49H37N.C25H19Br2N/c1-49(2)45-32-42(39-21-17-37(18-22-39)34-11-5-3-6-12-34)26-29-47(45)50(44-28-25-36-15-9-10-16-41(36)31-44)48-30-27-43(33-46(48)49)40-23-19-38(20-24-40)35-13-7-4-8-14-35;1-25(2)21-14-18(26)8-11-23(21)28(24-12-9-19(27)15-22(24)25)20-10-7-16-5-3-4-6-17(16)13-20/h3-33H,1-2H3;3-15H,1-2H3. The van der Waals surface area contributed by atoms with Crippen molar-refractivity contribution in [3.8, 4) is 44.5 Å². The van der Waals surface area contributed by atoms with E-state index >= 15 is 0 Å². The van der Waals surface area contributed by atoms with Gasteiger partial charge in [0, 0.05) is 31.2 Å². The van der Waals surface area contributed by atoms with E-state index < -0.39 is 0 Å². The molecule has 2 aliphatic rings. The minimum atomic E-state index is -0.238. The van der Waals surface area contributed by atoms with E-state index in [0.717, 1.165) is 8.95 Å². The molecular weight excluding hydrogens is 1080 g/mol. The van der Waals surface area contributed by atoms with E-state index in [0.29, 0.717) is 0 Å². The first-order valence-corrected chi connectivity index (χ1v) is 28.4. The first kappa shape index (κ1) is 49.3. The van der Waals surface area contributed by atoms with Gasteiger partial charge in [0.1, 0.15) is 0 Å². The Bertz CT molecular complexity index is 4030. The molecule has 0 saturated carbocycles. The van der Waals surface area contributed by atoms with Gasteiger partial charge in [-0.2, -0.15) is 0 Å². The highest BCUT2D eigenvalue weighted by Crippen LogP contribution is 2.55. The largest absolute Gasteiger partial charge is 0.310 e. The second-order valence-corrected chi connectivity index (χ2v) is 23.5. The van der Waals surface area contributed by atoms with Crippen LogP contribution in [0.2, 0.25) is 0 Å². The molecule has 2 nitrogen and oxygen atoms in total. The monoisotopic (exact) mass is 1130 g/mol. The number of nitrogens with zero attached hydrogens (tertiary/aromatic N) is 2. The van der Waals surface area contributed by atoms with Crippen molar-refractivity contribution in [1.29, 1.82) is 0 Å². The molecule has 0 saturated heterocycles. The Labute approximate surface area is 475 Å². The van der Waals surface area contributed by atoms with Crippen molar-refractivity contribution in [2.75, 3.05) is 9.80 Å². The van der Waals surface area contributed by atoms with Gasteiger partial charge in [0.15, 0.2) is 0 Å². The van der Waals surface area contributed by atoms with Crippen molar-refractivity contribution in [2.24, 2.45) is 0 Å². The molecule has 4 heteroatoms. The maximum absolute atomic E-state index is 3.68. The second-order valence-electron chi connectivity index (χ2n) is 21.7. The Kier molecular flexibility index (Phi) is 12.6. The highest BCUT2D eigenvalue weighted by atomic mass is 79.9. The van der Waals surface area contributed by atoms with Gasteiger partial charge in [-0.3, -0.25) is 0 Å². The Morgan fingerprint density at radius 1 is 0.244 bits per heavy atom. The molecule has 2 aliphatic heterocycles. The molecule has 0 atom stereocenters. The SMILES string of the molecule is CC1(C)c2cc(-c3ccc(-c4ccccc4)cc3)ccc2N(c2ccc3ccccc3c2)c2ccc(-c3ccc(-c4ccccc4)cc3)cc21.CC1(C)c2cc(Br)ccc2N(c2ccc3ccccc3c2)c2ccc(Br)cc21. The Hall–Kier alpha value is -8.28. The van der Waals surface area contributed by atoms with Gasteiger partial charge in [-0.05, 0) is 173 Å². The summed E-state index contributed by atoms with van der Waals surface area (Å²) in [4.78, 5) is 4.86. The third-order valence-corrected chi connectivity index (χ3v) is 17.2. The first-order valence-electron chi connectivity index (χ1n) is 26.8. The summed E-state index contributed by atoms with van der Waals surface area (Å²) in [5.74, 6) is 0. The van der Waals surface area contributed by atoms with Crippen molar-refractivity contribution in [3.05, 3.63) is 298 Å². The third kappa shape index (κ3) is 8.93. The average Bonchev–Trinajstić information content (AvgIpc) is 3.65. The summed E-state index contributed by atoms with van der Waals surface area (Å²) in [5, 5.41) is 5.00. The maximum Gasteiger partial charge on any atom is 0.0503 e. The molecule has 14 rings (SSSR count). The summed E-state index contributed by atoms with van der Waals surface area (Å²) in [6.45, 7) is 9.38. The zero-order chi connectivity index (χ0) is 53.1. The van der Waals surface area contributed by atoms with Crippen LogP contribution in [-0.2, 0) is 10.8 Å². The quantitative estimate of drug-likeness (QED) is 0.164. The van der Waals surface area contributed by atoms with Crippen molar-refractivity contribution in [3.63, 3.8) is 0 Å². The lowest BCUT2D eigenvalue weighted by molar-refractivity contribution is 0.631. The van der Waals surface area contributed by atoms with Crippen LogP contribution >= 0.6 is 31.9 Å². The second kappa shape index (κ2) is 19.9. The van der Waals surface area contributed by atoms with Gasteiger partial charge in [0.25, 0.3) is 0 Å². The van der Waals surface area contributed by atoms with Crippen LogP contribution < -0.4 is 9.80 Å². The smallest absolute Gasteiger partial charge is 0.0503 e. The summed E-state index contributed by atoms with van der Waals surface area (Å²) in [5.41, 5.74) is 22.0. The summed E-state index contributed by atoms with van der Waals surface area (Å²) in [6.07, 6.45) is 0. The first-order chi connectivity index (χ1) is 38.0. The van der Waals surface area contributed by atoms with Crippen LogP contribution in [0.5, 0.6) is 0 Å². The predicted molar refractivity (Wildman–Crippen MR) is 339 cm³/mol. The lowest BCUT2D eigenvalue weighted by Gasteiger charge is -2.42. The molecule has 0 aromatic heterocycles. The van der Waals surface area contributed by atoms with Gasteiger partial charge in [-0.25, -0.2) is 0 Å². The highest BCUT2D eigenvalue weighted by Gasteiger charge is 2.39. The maximum atomic E-state index is 3.68. The van der Waals surface area contributed by atoms with Crippen LogP contribution in [0.1, 0.15) is 49.9 Å². The van der Waals surface area contributed by atoms with Crippen LogP contribution in [0.4, 0.5) is 34.1 Å². The van der Waals surface area contributed by atoms with E-state index in [1.54, 1.807) is 0 Å². The van der Waals surface area contributed by atoms with Crippen molar-refractivity contribution < 1.29 is 0 Å². The Morgan fingerprint density at radius 2 is 0.526 bits per heavy atom. The van der Waals surface area contributed by atoms with Crippen LogP contribution in [0, 0.1) is 0 Å². The fourth-order valence-corrected chi connectivity index (χ4v) is 12.7. The van der Waals surface area contributed by atoms with Crippen molar-refractivity contribution in [2.45, 2.75) is 38.5 Å². The molecule has 2 heterocycles. The van der Waals surface area contributed by atoms with Crippen molar-refractivity contribution in [1.82, 2.24) is 0 Å². The van der Waals surface area contributed by atoms with Gasteiger partial charge in [-0.15, -0.1) is 0 Å². The zero-order valence-electron chi connectivity index (χ0n) is 44.1. The minimum absolute atomic E-state index is 0.0917. The predicted octanol–water partition coefficient (Wildman–Crippen LogP) is 22.1. The van der Waals surface area contributed by atoms with Crippen molar-refractivity contribution >= 4 is 87.5 Å². The lowest BCUT2D eigenvalue weighted by atomic mass is 9.72. The van der Waals surface area contributed by atoms with E-state index in [1.165, 1.54) is 122 Å². The van der Waals surface area contributed by atoms with Gasteiger partial charge in [-0.1, -0.05) is 242 Å². The molecule has 0 aliphatic carbocycles. The number of anilines is 6. The summed E-state index contributed by atoms with van der Waals surface area (Å²) < 4.78 is 2.22. The molecule has 0 amide bonds. The average molecular weight is 1130 g/mol. The number of benzene rings is 12. The van der Waals surface area contributed by atoms with E-state index in [4.69, 9.17) is 0 Å². The van der Waals surface area contributed by atoms with Crippen LogP contribution in [0.25, 0.3) is 66.1 Å². The molecule has 0 radical (unpaired) electrons. The Morgan fingerprint density at radius 3 is 0.897 bits per heavy atom. The van der Waals surface area contributed by atoms with E-state index in [1.807, 2.05) is 0 Å². The van der Waals surface area contributed by atoms with Gasteiger partial charge < -0.3 is 9.80 Å². The van der Waals surface area contributed by atoms with Crippen LogP contribution in [0.15, 0.2) is 276 Å². The van der Waals surface area contributed by atoms with E-state index in [2.05, 4.69) is 336 Å². The molecule has 0 unspecified atom stereocenters. The molecule has 0 spiro atoms. The normalized spacial score (nSPS) is 13.7. The topological polar surface area (TPSA) is 6.48 Å². The Balaban J connectivity index is 0.000000174. The number of halogens is 2. The molecule has 78 heavy (non-hydrogen) atoms. The molecule has 0 bridgehead atoms. The van der Waals surface area contributed by atoms with Gasteiger partial charge >= 0.3 is 0 Å². The van der Waals surface area contributed by atoms with Gasteiger partial charge in [0.05, 0.1) is 22.7 Å². The molecule has 0 N–H and O–H groups in total. The van der Waals surface area contributed by atoms with E-state index in [-0.39, 0.29) is 10.8 Å². The zero-order valence-corrected chi connectivity index (χ0v) is 47.2. The summed E-state index contributed by atoms with van der Waals surface area (Å²) in [7, 11) is 0. The molecule has 12 aromatic carbocycles. The minimum Gasteiger partial charge on any atom is -0.310 e. The molecule has 12 aromatic rings. The summed E-state index contributed by atoms with van der Waals surface area (Å²) >= 11 is 7.35. The lowest BCUT2D eigenvalue weighted by Crippen LogP contribution is -2.30. The van der Waals surface area contributed by atoms with Gasteiger partial charge in [0.2, 0.25) is 0 Å². The number of hydrogen-bond acceptors (Lipinski definition) is 2.